The van der Waals surface area contributed by atoms with E-state index in [1.165, 1.54) is 5.56 Å². The molecule has 2 rings (SSSR count). The van der Waals surface area contributed by atoms with Crippen molar-refractivity contribution in [3.63, 3.8) is 0 Å². The molecule has 0 spiro atoms. The lowest BCUT2D eigenvalue weighted by atomic mass is 10.2. The molecule has 0 bridgehead atoms. The average Bonchev–Trinajstić information content (AvgIpc) is 2.63. The molecule has 0 saturated carbocycles. The van der Waals surface area contributed by atoms with Crippen molar-refractivity contribution < 1.29 is 4.74 Å². The van der Waals surface area contributed by atoms with E-state index in [4.69, 9.17) is 10.5 Å². The summed E-state index contributed by atoms with van der Waals surface area (Å²) >= 11 is 0. The summed E-state index contributed by atoms with van der Waals surface area (Å²) in [5.74, 6) is 0.828. The second-order valence-electron chi connectivity index (χ2n) is 3.41. The lowest BCUT2D eigenvalue weighted by molar-refractivity contribution is 0.302. The fourth-order valence-corrected chi connectivity index (χ4v) is 1.23. The van der Waals surface area contributed by atoms with Crippen LogP contribution in [0.25, 0.3) is 0 Å². The Labute approximate surface area is 88.1 Å². The van der Waals surface area contributed by atoms with Crippen molar-refractivity contribution in [3.8, 4) is 5.75 Å². The van der Waals surface area contributed by atoms with Crippen LogP contribution in [0.2, 0.25) is 0 Å². The maximum absolute atomic E-state index is 5.66. The number of hydrogen-bond donors (Lipinski definition) is 2. The van der Waals surface area contributed by atoms with Gasteiger partial charge in [-0.15, -0.1) is 0 Å². The van der Waals surface area contributed by atoms with Gasteiger partial charge < -0.3 is 10.5 Å². The monoisotopic (exact) mass is 203 g/mol. The van der Waals surface area contributed by atoms with Crippen LogP contribution in [0.4, 0.5) is 5.69 Å². The number of nitrogen functional groups attached to an aromatic ring is 1. The lowest BCUT2D eigenvalue weighted by Gasteiger charge is -2.05. The first-order valence-corrected chi connectivity index (χ1v) is 4.73. The van der Waals surface area contributed by atoms with E-state index in [0.29, 0.717) is 12.3 Å². The predicted molar refractivity (Wildman–Crippen MR) is 58.5 cm³/mol. The van der Waals surface area contributed by atoms with E-state index >= 15 is 0 Å². The molecule has 0 aliphatic carbocycles. The molecule has 4 nitrogen and oxygen atoms in total. The van der Waals surface area contributed by atoms with Gasteiger partial charge in [0.05, 0.1) is 17.6 Å². The van der Waals surface area contributed by atoms with Gasteiger partial charge in [0.2, 0.25) is 0 Å². The van der Waals surface area contributed by atoms with Crippen LogP contribution >= 0.6 is 0 Å². The van der Waals surface area contributed by atoms with Crippen molar-refractivity contribution in [2.24, 2.45) is 0 Å². The third-order valence-electron chi connectivity index (χ3n) is 2.16. The Hall–Kier alpha value is -1.97. The summed E-state index contributed by atoms with van der Waals surface area (Å²) in [5, 5.41) is 6.61. The number of anilines is 1. The summed E-state index contributed by atoms with van der Waals surface area (Å²) in [6.45, 7) is 2.45. The highest BCUT2D eigenvalue weighted by Crippen LogP contribution is 2.14. The highest BCUT2D eigenvalue weighted by molar-refractivity contribution is 5.39. The Morgan fingerprint density at radius 3 is 2.67 bits per heavy atom. The number of aromatic nitrogens is 2. The van der Waals surface area contributed by atoms with Gasteiger partial charge >= 0.3 is 0 Å². The first kappa shape index (κ1) is 9.58. The number of nitrogens with two attached hydrogens (primary N) is 1. The highest BCUT2D eigenvalue weighted by Gasteiger charge is 2.01. The summed E-state index contributed by atoms with van der Waals surface area (Å²) in [6, 6.07) is 7.88. The number of nitrogens with zero attached hydrogens (tertiary/aromatic N) is 1. The Kier molecular flexibility index (Phi) is 2.58. The Morgan fingerprint density at radius 2 is 2.07 bits per heavy atom. The van der Waals surface area contributed by atoms with Crippen molar-refractivity contribution in [3.05, 3.63) is 41.7 Å². The molecule has 1 aromatic heterocycles. The minimum atomic E-state index is 0.412. The first-order chi connectivity index (χ1) is 7.25. The molecular formula is C11H13N3O. The zero-order valence-electron chi connectivity index (χ0n) is 8.53. The molecule has 0 aliphatic rings. The van der Waals surface area contributed by atoms with E-state index in [2.05, 4.69) is 10.2 Å². The zero-order valence-corrected chi connectivity index (χ0v) is 8.53. The third-order valence-corrected chi connectivity index (χ3v) is 2.16. The number of aromatic amines is 1. The van der Waals surface area contributed by atoms with E-state index in [1.807, 2.05) is 31.2 Å². The summed E-state index contributed by atoms with van der Waals surface area (Å²) in [4.78, 5) is 0. The second kappa shape index (κ2) is 4.04. The van der Waals surface area contributed by atoms with E-state index < -0.39 is 0 Å². The van der Waals surface area contributed by atoms with E-state index in [9.17, 15) is 0 Å². The lowest BCUT2D eigenvalue weighted by Crippen LogP contribution is -1.99. The van der Waals surface area contributed by atoms with Crippen LogP contribution in [-0.2, 0) is 6.61 Å². The number of H-pyrrole nitrogens is 1. The number of hydrogen-bond acceptors (Lipinski definition) is 3. The molecule has 2 aromatic rings. The quantitative estimate of drug-likeness (QED) is 0.800. The van der Waals surface area contributed by atoms with Gasteiger partial charge in [0.1, 0.15) is 12.4 Å². The SMILES string of the molecule is Cc1ccc(OCc2[nH]ncc2N)cc1. The zero-order chi connectivity index (χ0) is 10.7. The van der Waals surface area contributed by atoms with Gasteiger partial charge in [-0.1, -0.05) is 17.7 Å². The molecule has 78 valence electrons. The largest absolute Gasteiger partial charge is 0.487 e. The number of nitrogens with one attached hydrogen (secondary N) is 1. The molecule has 4 heteroatoms. The number of ether oxygens (including phenoxy) is 1. The van der Waals surface area contributed by atoms with Crippen molar-refractivity contribution in [2.45, 2.75) is 13.5 Å². The van der Waals surface area contributed by atoms with E-state index in [0.717, 1.165) is 11.4 Å². The molecule has 0 saturated heterocycles. The summed E-state index contributed by atoms with van der Waals surface area (Å²) < 4.78 is 5.53. The van der Waals surface area contributed by atoms with Gasteiger partial charge in [-0.25, -0.2) is 0 Å². The smallest absolute Gasteiger partial charge is 0.132 e. The van der Waals surface area contributed by atoms with Gasteiger partial charge in [0.15, 0.2) is 0 Å². The second-order valence-corrected chi connectivity index (χ2v) is 3.41. The molecule has 15 heavy (non-hydrogen) atoms. The van der Waals surface area contributed by atoms with Crippen LogP contribution in [0.5, 0.6) is 5.75 Å². The van der Waals surface area contributed by atoms with Crippen LogP contribution < -0.4 is 10.5 Å². The maximum Gasteiger partial charge on any atom is 0.132 e. The molecule has 1 aromatic carbocycles. The van der Waals surface area contributed by atoms with E-state index in [-0.39, 0.29) is 0 Å². The minimum absolute atomic E-state index is 0.412. The highest BCUT2D eigenvalue weighted by atomic mass is 16.5. The fourth-order valence-electron chi connectivity index (χ4n) is 1.23. The maximum atomic E-state index is 5.66. The average molecular weight is 203 g/mol. The fraction of sp³-hybridized carbons (Fsp3) is 0.182. The molecule has 3 N–H and O–H groups in total. The topological polar surface area (TPSA) is 63.9 Å². The van der Waals surface area contributed by atoms with Crippen molar-refractivity contribution in [2.75, 3.05) is 5.73 Å². The number of aryl methyl sites for hydroxylation is 1. The molecule has 0 fully saturated rings. The Bertz CT molecular complexity index is 433. The Balaban J connectivity index is 1.99. The standard InChI is InChI=1S/C11H13N3O/c1-8-2-4-9(5-3-8)15-7-11-10(12)6-13-14-11/h2-6H,7,12H2,1H3,(H,13,14). The third kappa shape index (κ3) is 2.28. The van der Waals surface area contributed by atoms with Crippen LogP contribution in [-0.4, -0.2) is 10.2 Å². The van der Waals surface area contributed by atoms with E-state index in [1.54, 1.807) is 6.20 Å². The van der Waals surface area contributed by atoms with Crippen molar-refractivity contribution >= 4 is 5.69 Å². The molecule has 0 aliphatic heterocycles. The van der Waals surface area contributed by atoms with Crippen molar-refractivity contribution in [1.29, 1.82) is 0 Å². The summed E-state index contributed by atoms with van der Waals surface area (Å²) in [7, 11) is 0. The summed E-state index contributed by atoms with van der Waals surface area (Å²) in [6.07, 6.45) is 1.58. The molecule has 0 amide bonds. The normalized spacial score (nSPS) is 10.2. The van der Waals surface area contributed by atoms with Crippen LogP contribution in [0.15, 0.2) is 30.5 Å². The van der Waals surface area contributed by atoms with Gasteiger partial charge in [-0.3, -0.25) is 5.10 Å². The summed E-state index contributed by atoms with van der Waals surface area (Å²) in [5.41, 5.74) is 8.29. The Morgan fingerprint density at radius 1 is 1.33 bits per heavy atom. The number of benzene rings is 1. The van der Waals surface area contributed by atoms with Crippen LogP contribution in [0, 0.1) is 6.92 Å². The van der Waals surface area contributed by atoms with Crippen LogP contribution in [0.3, 0.4) is 0 Å². The van der Waals surface area contributed by atoms with Crippen molar-refractivity contribution in [1.82, 2.24) is 10.2 Å². The number of rotatable bonds is 3. The first-order valence-electron chi connectivity index (χ1n) is 4.73. The van der Waals surface area contributed by atoms with Gasteiger partial charge in [0, 0.05) is 0 Å². The molecular weight excluding hydrogens is 190 g/mol. The van der Waals surface area contributed by atoms with Crippen LogP contribution in [0.1, 0.15) is 11.3 Å². The minimum Gasteiger partial charge on any atom is -0.487 e. The van der Waals surface area contributed by atoms with Gasteiger partial charge in [0.25, 0.3) is 0 Å². The van der Waals surface area contributed by atoms with Gasteiger partial charge in [-0.05, 0) is 19.1 Å². The molecule has 0 atom stereocenters. The predicted octanol–water partition coefficient (Wildman–Crippen LogP) is 1.88. The molecule has 1 heterocycles. The molecule has 0 radical (unpaired) electrons. The molecule has 0 unspecified atom stereocenters. The van der Waals surface area contributed by atoms with Gasteiger partial charge in [-0.2, -0.15) is 5.10 Å².